The number of cyclic esters (lactones) is 2. The summed E-state index contributed by atoms with van der Waals surface area (Å²) in [7, 11) is 3.28. The summed E-state index contributed by atoms with van der Waals surface area (Å²) in [5.74, 6) is -0.961. The van der Waals surface area contributed by atoms with E-state index >= 15 is 0 Å². The summed E-state index contributed by atoms with van der Waals surface area (Å²) < 4.78 is 10.4. The van der Waals surface area contributed by atoms with Gasteiger partial charge < -0.3 is 30.7 Å². The number of aliphatic imine (C=N–C) groups is 2. The Hall–Kier alpha value is -3.18. The topological polar surface area (TPSA) is 170 Å². The molecule has 0 aromatic carbocycles. The highest BCUT2D eigenvalue weighted by Crippen LogP contribution is 2.14. The van der Waals surface area contributed by atoms with Crippen LogP contribution in [0.2, 0.25) is 0 Å². The van der Waals surface area contributed by atoms with E-state index < -0.39 is 0 Å². The molecule has 0 atom stereocenters. The number of nitrogens with two attached hydrogens (primary N) is 2. The third kappa shape index (κ3) is 47.2. The van der Waals surface area contributed by atoms with Crippen molar-refractivity contribution in [3.8, 4) is 0 Å². The molecule has 12 heteroatoms. The summed E-state index contributed by atoms with van der Waals surface area (Å²) in [6.45, 7) is 17.4. The van der Waals surface area contributed by atoms with Crippen LogP contribution in [-0.4, -0.2) is 85.9 Å². The lowest BCUT2D eigenvalue weighted by Gasteiger charge is -2.16. The average Bonchev–Trinajstić information content (AvgIpc) is 3.19. The first-order chi connectivity index (χ1) is 28.0. The molecule has 0 fully saturated rings. The van der Waals surface area contributed by atoms with Crippen LogP contribution in [0.1, 0.15) is 222 Å². The Labute approximate surface area is 357 Å². The number of ether oxygens (including phenoxy) is 2. The van der Waals surface area contributed by atoms with Crippen LogP contribution in [0.5, 0.6) is 0 Å². The number of nitrogens with zero attached hydrogens (tertiary/aromatic N) is 4. The highest BCUT2D eigenvalue weighted by molar-refractivity contribution is 5.94. The molecule has 0 aliphatic carbocycles. The van der Waals surface area contributed by atoms with Crippen molar-refractivity contribution >= 4 is 35.7 Å². The second kappa shape index (κ2) is 50.0. The van der Waals surface area contributed by atoms with Crippen molar-refractivity contribution in [3.05, 3.63) is 0 Å². The summed E-state index contributed by atoms with van der Waals surface area (Å²) in [5, 5.41) is 0. The summed E-state index contributed by atoms with van der Waals surface area (Å²) >= 11 is 0. The summed E-state index contributed by atoms with van der Waals surface area (Å²) in [4.78, 5) is 57.7. The Morgan fingerprint density at radius 1 is 0.431 bits per heavy atom. The van der Waals surface area contributed by atoms with Crippen LogP contribution < -0.4 is 11.5 Å². The maximum atomic E-state index is 11.8. The van der Waals surface area contributed by atoms with Crippen LogP contribution in [0.4, 0.5) is 0 Å². The van der Waals surface area contributed by atoms with E-state index in [2.05, 4.69) is 37.7 Å². The molecule has 344 valence electrons. The maximum Gasteiger partial charge on any atom is 0.325 e. The van der Waals surface area contributed by atoms with Crippen LogP contribution in [-0.2, 0) is 28.7 Å². The van der Waals surface area contributed by atoms with E-state index in [1.807, 2.05) is 27.7 Å². The molecule has 2 heterocycles. The molecule has 2 aliphatic rings. The van der Waals surface area contributed by atoms with Gasteiger partial charge in [0.2, 0.25) is 11.8 Å². The molecular weight excluding hydrogens is 733 g/mol. The Morgan fingerprint density at radius 2 is 0.638 bits per heavy atom. The summed E-state index contributed by atoms with van der Waals surface area (Å²) in [6.07, 6.45) is 28.7. The highest BCUT2D eigenvalue weighted by atomic mass is 16.5. The molecule has 0 unspecified atom stereocenters. The zero-order valence-corrected chi connectivity index (χ0v) is 39.6. The first-order valence-corrected chi connectivity index (χ1v) is 23.5. The van der Waals surface area contributed by atoms with E-state index in [0.29, 0.717) is 26.1 Å². The minimum Gasteiger partial charge on any atom is -0.464 e. The molecule has 58 heavy (non-hydrogen) atoms. The van der Waals surface area contributed by atoms with Crippen LogP contribution in [0.3, 0.4) is 0 Å². The standard InChI is InChI=1S/2C18H33N3O3.2C3H8.2C2H6/c2*1-21-15-17(23)24-14-12-10-8-6-4-2-3-5-7-9-11-13-16(22)20-18(21)19;2*1-3-2;2*1-2/h2*2-15H2,1H3,(H2,19,20,22);2*3H2,1-2H3;2*1-2H3. The molecule has 2 amide bonds. The van der Waals surface area contributed by atoms with E-state index in [-0.39, 0.29) is 48.8 Å². The minimum atomic E-state index is -0.336. The number of likely N-dealkylation sites (N-methyl/N-ethyl adjacent to an activating group) is 2. The van der Waals surface area contributed by atoms with Gasteiger partial charge in [-0.1, -0.05) is 184 Å². The predicted molar refractivity (Wildman–Crippen MR) is 246 cm³/mol. The Balaban J connectivity index is -0.000000410. The van der Waals surface area contributed by atoms with Gasteiger partial charge in [0, 0.05) is 26.9 Å². The van der Waals surface area contributed by atoms with Crippen molar-refractivity contribution in [2.75, 3.05) is 40.4 Å². The molecule has 0 spiro atoms. The number of guanidine groups is 2. The molecule has 0 aromatic rings. The van der Waals surface area contributed by atoms with E-state index in [9.17, 15) is 19.2 Å². The van der Waals surface area contributed by atoms with Crippen molar-refractivity contribution in [2.24, 2.45) is 21.5 Å². The van der Waals surface area contributed by atoms with Gasteiger partial charge in [-0.25, -0.2) is 0 Å². The lowest BCUT2D eigenvalue weighted by Crippen LogP contribution is -2.39. The van der Waals surface area contributed by atoms with Gasteiger partial charge in [-0.05, 0) is 25.7 Å². The van der Waals surface area contributed by atoms with Gasteiger partial charge in [-0.2, -0.15) is 9.98 Å². The largest absolute Gasteiger partial charge is 0.464 e. The van der Waals surface area contributed by atoms with E-state index in [1.165, 1.54) is 113 Å². The fourth-order valence-electron chi connectivity index (χ4n) is 5.49. The zero-order valence-electron chi connectivity index (χ0n) is 39.6. The highest BCUT2D eigenvalue weighted by Gasteiger charge is 2.13. The lowest BCUT2D eigenvalue weighted by atomic mass is 10.1. The van der Waals surface area contributed by atoms with E-state index in [1.54, 1.807) is 14.1 Å². The van der Waals surface area contributed by atoms with Crippen molar-refractivity contribution in [3.63, 3.8) is 0 Å². The third-order valence-corrected chi connectivity index (χ3v) is 8.59. The van der Waals surface area contributed by atoms with Gasteiger partial charge in [0.05, 0.1) is 13.2 Å². The molecule has 0 saturated carbocycles. The Morgan fingerprint density at radius 3 is 0.879 bits per heavy atom. The molecule has 12 nitrogen and oxygen atoms in total. The Bertz CT molecular complexity index is 929. The van der Waals surface area contributed by atoms with Crippen molar-refractivity contribution < 1.29 is 28.7 Å². The maximum absolute atomic E-state index is 11.8. The van der Waals surface area contributed by atoms with Crippen LogP contribution >= 0.6 is 0 Å². The molecular formula is C46H94N6O6. The molecule has 0 aromatic heterocycles. The fourth-order valence-corrected chi connectivity index (χ4v) is 5.49. The van der Waals surface area contributed by atoms with Crippen LogP contribution in [0, 0.1) is 0 Å². The normalized spacial score (nSPS) is 18.8. The smallest absolute Gasteiger partial charge is 0.325 e. The van der Waals surface area contributed by atoms with Gasteiger partial charge in [0.25, 0.3) is 0 Å². The van der Waals surface area contributed by atoms with Gasteiger partial charge in [-0.15, -0.1) is 0 Å². The first-order valence-electron chi connectivity index (χ1n) is 23.5. The predicted octanol–water partition coefficient (Wildman–Crippen LogP) is 10.9. The van der Waals surface area contributed by atoms with Gasteiger partial charge in [0.1, 0.15) is 13.1 Å². The third-order valence-electron chi connectivity index (χ3n) is 8.59. The average molecular weight is 827 g/mol. The van der Waals surface area contributed by atoms with Crippen molar-refractivity contribution in [1.82, 2.24) is 9.80 Å². The number of amides is 2. The number of rotatable bonds is 0. The molecule has 2 aliphatic heterocycles. The first kappa shape index (κ1) is 61.5. The second-order valence-corrected chi connectivity index (χ2v) is 14.6. The van der Waals surface area contributed by atoms with Crippen molar-refractivity contribution in [1.29, 1.82) is 0 Å². The molecule has 4 N–H and O–H groups in total. The minimum absolute atomic E-state index is 0.0165. The van der Waals surface area contributed by atoms with Gasteiger partial charge in [0.15, 0.2) is 11.9 Å². The van der Waals surface area contributed by atoms with Gasteiger partial charge >= 0.3 is 11.9 Å². The molecule has 2 rings (SSSR count). The zero-order chi connectivity index (χ0) is 44.7. The quantitative estimate of drug-likeness (QED) is 0.224. The second-order valence-electron chi connectivity index (χ2n) is 14.6. The Kier molecular flexibility index (Phi) is 53.0. The van der Waals surface area contributed by atoms with Crippen molar-refractivity contribution in [2.45, 2.75) is 222 Å². The lowest BCUT2D eigenvalue weighted by molar-refractivity contribution is -0.144. The molecule has 0 radical (unpaired) electrons. The van der Waals surface area contributed by atoms with E-state index in [4.69, 9.17) is 20.9 Å². The number of hydrogen-bond acceptors (Lipinski definition) is 10. The fraction of sp³-hybridized carbons (Fsp3) is 0.870. The number of carbonyl (C=O) groups is 4. The monoisotopic (exact) mass is 827 g/mol. The van der Waals surface area contributed by atoms with E-state index in [0.717, 1.165) is 51.4 Å². The molecule has 0 saturated heterocycles. The van der Waals surface area contributed by atoms with Crippen LogP contribution in [0.15, 0.2) is 9.98 Å². The number of carbonyl (C=O) groups excluding carboxylic acids is 4. The summed E-state index contributed by atoms with van der Waals surface area (Å²) in [5.41, 5.74) is 11.5. The number of esters is 2. The van der Waals surface area contributed by atoms with Gasteiger partial charge in [-0.3, -0.25) is 19.2 Å². The molecule has 0 bridgehead atoms. The SMILES string of the molecule is CC.CC.CCC.CCC.CN1CC(=O)OCCCCCCCCCCCCCC(=O)N=C1N.CN1CC(=O)OCCCCCCCCCCCCCC(=O)N=C1N. The number of hydrogen-bond donors (Lipinski definition) is 2. The summed E-state index contributed by atoms with van der Waals surface area (Å²) in [6, 6.07) is 0. The van der Waals surface area contributed by atoms with Crippen LogP contribution in [0.25, 0.3) is 0 Å².